The Labute approximate surface area is 149 Å². The lowest BCUT2D eigenvalue weighted by Gasteiger charge is -2.35. The molecule has 1 fully saturated rings. The lowest BCUT2D eigenvalue weighted by atomic mass is 10.0. The second-order valence-corrected chi connectivity index (χ2v) is 6.10. The molecule has 0 spiro atoms. The van der Waals surface area contributed by atoms with Gasteiger partial charge in [0, 0.05) is 32.0 Å². The summed E-state index contributed by atoms with van der Waals surface area (Å²) in [5.74, 6) is 1.24. The van der Waals surface area contributed by atoms with Crippen molar-refractivity contribution in [2.24, 2.45) is 0 Å². The summed E-state index contributed by atoms with van der Waals surface area (Å²) in [6, 6.07) is 8.99. The van der Waals surface area contributed by atoms with Gasteiger partial charge in [-0.3, -0.25) is 4.90 Å². The van der Waals surface area contributed by atoms with Crippen LogP contribution in [0.2, 0.25) is 0 Å². The van der Waals surface area contributed by atoms with Gasteiger partial charge in [-0.05, 0) is 19.4 Å². The number of benzene rings is 1. The van der Waals surface area contributed by atoms with Gasteiger partial charge in [-0.2, -0.15) is 0 Å². The first kappa shape index (κ1) is 17.6. The molecular formula is C19H26N4O2. The highest BCUT2D eigenvalue weighted by atomic mass is 16.5. The highest BCUT2D eigenvalue weighted by Crippen LogP contribution is 2.25. The van der Waals surface area contributed by atoms with Crippen molar-refractivity contribution in [2.45, 2.75) is 19.9 Å². The minimum atomic E-state index is 0.251. The summed E-state index contributed by atoms with van der Waals surface area (Å²) < 4.78 is 11.1. The van der Waals surface area contributed by atoms with Gasteiger partial charge in [0.15, 0.2) is 5.82 Å². The molecule has 0 bridgehead atoms. The van der Waals surface area contributed by atoms with E-state index in [0.717, 1.165) is 32.8 Å². The molecule has 1 saturated heterocycles. The molecule has 1 atom stereocenters. The molecule has 1 N–H and O–H groups in total. The first-order valence-corrected chi connectivity index (χ1v) is 8.84. The van der Waals surface area contributed by atoms with Crippen LogP contribution < -0.4 is 10.1 Å². The van der Waals surface area contributed by atoms with Gasteiger partial charge in [-0.25, -0.2) is 9.97 Å². The van der Waals surface area contributed by atoms with Crippen LogP contribution in [0.5, 0.6) is 5.88 Å². The molecule has 25 heavy (non-hydrogen) atoms. The summed E-state index contributed by atoms with van der Waals surface area (Å²) in [6.45, 7) is 8.77. The lowest BCUT2D eigenvalue weighted by molar-refractivity contribution is 0.0187. The van der Waals surface area contributed by atoms with Gasteiger partial charge < -0.3 is 14.8 Å². The highest BCUT2D eigenvalue weighted by molar-refractivity contribution is 5.45. The maximum absolute atomic E-state index is 5.57. The van der Waals surface area contributed by atoms with E-state index in [-0.39, 0.29) is 6.04 Å². The number of anilines is 1. The Morgan fingerprint density at radius 1 is 1.16 bits per heavy atom. The van der Waals surface area contributed by atoms with Crippen LogP contribution in [-0.2, 0) is 4.74 Å². The van der Waals surface area contributed by atoms with E-state index in [1.54, 1.807) is 12.4 Å². The molecule has 0 saturated carbocycles. The minimum absolute atomic E-state index is 0.251. The zero-order valence-corrected chi connectivity index (χ0v) is 14.9. The molecule has 6 nitrogen and oxygen atoms in total. The maximum atomic E-state index is 5.57. The number of nitrogens with zero attached hydrogens (tertiary/aromatic N) is 3. The molecule has 1 aromatic carbocycles. The minimum Gasteiger partial charge on any atom is -0.475 e. The largest absolute Gasteiger partial charge is 0.475 e. The second kappa shape index (κ2) is 8.78. The fourth-order valence-corrected chi connectivity index (χ4v) is 3.02. The topological polar surface area (TPSA) is 59.5 Å². The number of morpholine rings is 1. The van der Waals surface area contributed by atoms with Crippen molar-refractivity contribution in [2.75, 3.05) is 44.8 Å². The molecule has 6 heteroatoms. The molecule has 2 heterocycles. The van der Waals surface area contributed by atoms with E-state index in [2.05, 4.69) is 51.4 Å². The third-order valence-electron chi connectivity index (χ3n) is 4.36. The van der Waals surface area contributed by atoms with Gasteiger partial charge >= 0.3 is 0 Å². The molecule has 1 aliphatic heterocycles. The van der Waals surface area contributed by atoms with Crippen LogP contribution in [0.3, 0.4) is 0 Å². The molecule has 1 aliphatic rings. The van der Waals surface area contributed by atoms with E-state index < -0.39 is 0 Å². The molecule has 0 aliphatic carbocycles. The molecule has 2 aromatic rings. The third-order valence-corrected chi connectivity index (χ3v) is 4.36. The van der Waals surface area contributed by atoms with Gasteiger partial charge in [-0.15, -0.1) is 0 Å². The fourth-order valence-electron chi connectivity index (χ4n) is 3.02. The molecule has 0 amide bonds. The van der Waals surface area contributed by atoms with Gasteiger partial charge in [0.25, 0.3) is 5.88 Å². The zero-order chi connectivity index (χ0) is 17.5. The first-order valence-electron chi connectivity index (χ1n) is 8.84. The van der Waals surface area contributed by atoms with Gasteiger partial charge in [0.1, 0.15) is 0 Å². The highest BCUT2D eigenvalue weighted by Gasteiger charge is 2.23. The van der Waals surface area contributed by atoms with E-state index in [9.17, 15) is 0 Å². The zero-order valence-electron chi connectivity index (χ0n) is 14.9. The van der Waals surface area contributed by atoms with E-state index in [4.69, 9.17) is 9.47 Å². The summed E-state index contributed by atoms with van der Waals surface area (Å²) in [5, 5.41) is 3.43. The smallest absolute Gasteiger partial charge is 0.257 e. The van der Waals surface area contributed by atoms with Crippen molar-refractivity contribution in [3.05, 3.63) is 47.8 Å². The van der Waals surface area contributed by atoms with Crippen LogP contribution >= 0.6 is 0 Å². The molecule has 0 radical (unpaired) electrons. The fraction of sp³-hybridized carbons (Fsp3) is 0.474. The number of hydrogen-bond acceptors (Lipinski definition) is 6. The number of ether oxygens (including phenoxy) is 2. The van der Waals surface area contributed by atoms with Gasteiger partial charge in [0.05, 0.1) is 25.9 Å². The number of aromatic nitrogens is 2. The summed E-state index contributed by atoms with van der Waals surface area (Å²) >= 11 is 0. The van der Waals surface area contributed by atoms with Crippen molar-refractivity contribution in [1.82, 2.24) is 14.9 Å². The predicted molar refractivity (Wildman–Crippen MR) is 98.0 cm³/mol. The molecule has 1 aromatic heterocycles. The third kappa shape index (κ3) is 4.67. The summed E-state index contributed by atoms with van der Waals surface area (Å²) in [5.41, 5.74) is 2.56. The molecular weight excluding hydrogens is 316 g/mol. The Balaban J connectivity index is 1.76. The van der Waals surface area contributed by atoms with Crippen molar-refractivity contribution >= 4 is 5.82 Å². The van der Waals surface area contributed by atoms with Crippen LogP contribution in [0.4, 0.5) is 5.82 Å². The Morgan fingerprint density at radius 3 is 2.60 bits per heavy atom. The molecule has 3 rings (SSSR count). The molecule has 1 unspecified atom stereocenters. The Kier molecular flexibility index (Phi) is 6.19. The standard InChI is InChI=1S/C19H26N4O2/c1-3-25-19-18(20-8-9-21-19)22-14-17(23-10-12-24-13-11-23)16-6-4-15(2)5-7-16/h4-9,17H,3,10-14H2,1-2H3,(H,20,22). The number of nitrogens with one attached hydrogen (secondary N) is 1. The summed E-state index contributed by atoms with van der Waals surface area (Å²) in [4.78, 5) is 11.1. The number of rotatable bonds is 7. The van der Waals surface area contributed by atoms with Gasteiger partial charge in [-0.1, -0.05) is 29.8 Å². The second-order valence-electron chi connectivity index (χ2n) is 6.10. The lowest BCUT2D eigenvalue weighted by Crippen LogP contribution is -2.41. The average molecular weight is 342 g/mol. The number of aryl methyl sites for hydroxylation is 1. The number of hydrogen-bond donors (Lipinski definition) is 1. The van der Waals surface area contributed by atoms with E-state index >= 15 is 0 Å². The van der Waals surface area contributed by atoms with E-state index in [0.29, 0.717) is 18.3 Å². The SMILES string of the molecule is CCOc1nccnc1NCC(c1ccc(C)cc1)N1CCOCC1. The monoisotopic (exact) mass is 342 g/mol. The van der Waals surface area contributed by atoms with Crippen molar-refractivity contribution in [3.8, 4) is 5.88 Å². The maximum Gasteiger partial charge on any atom is 0.257 e. The van der Waals surface area contributed by atoms with Crippen molar-refractivity contribution in [1.29, 1.82) is 0 Å². The van der Waals surface area contributed by atoms with Crippen LogP contribution in [-0.4, -0.2) is 54.3 Å². The quantitative estimate of drug-likeness (QED) is 0.835. The summed E-state index contributed by atoms with van der Waals surface area (Å²) in [7, 11) is 0. The van der Waals surface area contributed by atoms with Crippen LogP contribution in [0, 0.1) is 6.92 Å². The summed E-state index contributed by atoms with van der Waals surface area (Å²) in [6.07, 6.45) is 3.33. The predicted octanol–water partition coefficient (Wildman–Crippen LogP) is 2.67. The van der Waals surface area contributed by atoms with E-state index in [1.807, 2.05) is 6.92 Å². The van der Waals surface area contributed by atoms with E-state index in [1.165, 1.54) is 11.1 Å². The first-order chi connectivity index (χ1) is 12.3. The Hall–Kier alpha value is -2.18. The Bertz CT molecular complexity index is 657. The normalized spacial score (nSPS) is 16.4. The average Bonchev–Trinajstić information content (AvgIpc) is 2.66. The van der Waals surface area contributed by atoms with Crippen molar-refractivity contribution < 1.29 is 9.47 Å². The Morgan fingerprint density at radius 2 is 1.88 bits per heavy atom. The van der Waals surface area contributed by atoms with Crippen LogP contribution in [0.25, 0.3) is 0 Å². The van der Waals surface area contributed by atoms with Crippen molar-refractivity contribution in [3.63, 3.8) is 0 Å². The van der Waals surface area contributed by atoms with Crippen LogP contribution in [0.1, 0.15) is 24.1 Å². The molecule has 134 valence electrons. The van der Waals surface area contributed by atoms with Gasteiger partial charge in [0.2, 0.25) is 0 Å². The van der Waals surface area contributed by atoms with Crippen LogP contribution in [0.15, 0.2) is 36.7 Å².